The molecule has 2 aromatic rings. The lowest BCUT2D eigenvalue weighted by Gasteiger charge is -2.21. The highest BCUT2D eigenvalue weighted by Crippen LogP contribution is 2.15. The van der Waals surface area contributed by atoms with Crippen LogP contribution in [0.25, 0.3) is 0 Å². The summed E-state index contributed by atoms with van der Waals surface area (Å²) in [4.78, 5) is 25.9. The molecule has 1 atom stereocenters. The van der Waals surface area contributed by atoms with Gasteiger partial charge in [0, 0.05) is 12.7 Å². The number of ether oxygens (including phenoxy) is 1. The molecule has 0 fully saturated rings. The first-order valence-corrected chi connectivity index (χ1v) is 10.2. The van der Waals surface area contributed by atoms with E-state index in [1.807, 2.05) is 13.0 Å². The molecule has 0 heterocycles. The number of rotatable bonds is 7. The highest BCUT2D eigenvalue weighted by atomic mass is 32.2. The fourth-order valence-electron chi connectivity index (χ4n) is 2.44. The van der Waals surface area contributed by atoms with Crippen molar-refractivity contribution in [2.75, 3.05) is 17.7 Å². The Bertz CT molecular complexity index is 892. The summed E-state index contributed by atoms with van der Waals surface area (Å²) in [5.41, 5.74) is 1.62. The number of nitrogens with zero attached hydrogens (tertiary/aromatic N) is 1. The third kappa shape index (κ3) is 5.65. The Hall–Kier alpha value is -2.67. The number of carbonyl (C=O) groups excluding carboxylic acids is 2. The number of hydrogen-bond donors (Lipinski definition) is 0. The summed E-state index contributed by atoms with van der Waals surface area (Å²) in [7, 11) is -2.00. The molecule has 0 aliphatic rings. The Kier molecular flexibility index (Phi) is 6.74. The number of hydrogen-bond acceptors (Lipinski definition) is 5. The smallest absolute Gasteiger partial charge is 0.307 e. The van der Waals surface area contributed by atoms with Crippen LogP contribution in [0.3, 0.4) is 0 Å². The third-order valence-electron chi connectivity index (χ3n) is 4.09. The number of likely N-dealkylation sites (N-methyl/N-ethyl adjacent to an activating group) is 1. The second-order valence-electron chi connectivity index (χ2n) is 6.25. The molecule has 0 bridgehead atoms. The van der Waals surface area contributed by atoms with Crippen LogP contribution in [0.1, 0.15) is 18.9 Å². The van der Waals surface area contributed by atoms with Crippen LogP contribution < -0.4 is 4.90 Å². The number of sulfone groups is 1. The van der Waals surface area contributed by atoms with E-state index in [-0.39, 0.29) is 17.1 Å². The molecular weight excluding hydrogens is 366 g/mol. The van der Waals surface area contributed by atoms with Crippen molar-refractivity contribution in [3.8, 4) is 0 Å². The fraction of sp³-hybridized carbons (Fsp3) is 0.300. The Morgan fingerprint density at radius 3 is 2.22 bits per heavy atom. The zero-order valence-electron chi connectivity index (χ0n) is 15.6. The molecule has 27 heavy (non-hydrogen) atoms. The van der Waals surface area contributed by atoms with E-state index >= 15 is 0 Å². The molecule has 0 aliphatic carbocycles. The molecular formula is C20H23NO5S. The van der Waals surface area contributed by atoms with E-state index < -0.39 is 27.8 Å². The van der Waals surface area contributed by atoms with Crippen molar-refractivity contribution >= 4 is 27.4 Å². The number of para-hydroxylation sites is 1. The molecule has 2 aromatic carbocycles. The van der Waals surface area contributed by atoms with Crippen LogP contribution in [-0.4, -0.2) is 39.2 Å². The second kappa shape index (κ2) is 8.81. The van der Waals surface area contributed by atoms with Crippen molar-refractivity contribution in [2.45, 2.75) is 31.3 Å². The minimum absolute atomic E-state index is 0.161. The second-order valence-corrected chi connectivity index (χ2v) is 8.36. The van der Waals surface area contributed by atoms with E-state index in [1.54, 1.807) is 43.4 Å². The summed E-state index contributed by atoms with van der Waals surface area (Å²) in [6.45, 7) is 3.33. The Morgan fingerprint density at radius 2 is 1.63 bits per heavy atom. The van der Waals surface area contributed by atoms with E-state index in [1.165, 1.54) is 24.0 Å². The van der Waals surface area contributed by atoms with E-state index in [2.05, 4.69) is 0 Å². The van der Waals surface area contributed by atoms with Crippen LogP contribution in [0, 0.1) is 6.92 Å². The first-order valence-electron chi connectivity index (χ1n) is 8.52. The van der Waals surface area contributed by atoms with Gasteiger partial charge in [0.2, 0.25) is 0 Å². The molecule has 6 nitrogen and oxygen atoms in total. The van der Waals surface area contributed by atoms with Gasteiger partial charge in [-0.05, 0) is 38.1 Å². The van der Waals surface area contributed by atoms with Crippen LogP contribution in [0.4, 0.5) is 5.69 Å². The quantitative estimate of drug-likeness (QED) is 0.680. The van der Waals surface area contributed by atoms with Gasteiger partial charge in [-0.25, -0.2) is 8.42 Å². The van der Waals surface area contributed by atoms with Crippen LogP contribution >= 0.6 is 0 Å². The van der Waals surface area contributed by atoms with Gasteiger partial charge in [-0.1, -0.05) is 35.9 Å². The normalized spacial score (nSPS) is 12.3. The lowest BCUT2D eigenvalue weighted by molar-refractivity contribution is -0.153. The Morgan fingerprint density at radius 1 is 1.04 bits per heavy atom. The first-order chi connectivity index (χ1) is 12.7. The van der Waals surface area contributed by atoms with Crippen LogP contribution in [0.15, 0.2) is 59.5 Å². The maximum absolute atomic E-state index is 12.4. The molecule has 0 radical (unpaired) electrons. The predicted octanol–water partition coefficient (Wildman–Crippen LogP) is 2.75. The minimum Gasteiger partial charge on any atom is -0.452 e. The van der Waals surface area contributed by atoms with Crippen molar-refractivity contribution in [2.24, 2.45) is 0 Å². The van der Waals surface area contributed by atoms with Crippen LogP contribution in [0.2, 0.25) is 0 Å². The van der Waals surface area contributed by atoms with Crippen LogP contribution in [-0.2, 0) is 24.2 Å². The van der Waals surface area contributed by atoms with Crippen molar-refractivity contribution in [1.29, 1.82) is 0 Å². The number of carbonyl (C=O) groups is 2. The summed E-state index contributed by atoms with van der Waals surface area (Å²) >= 11 is 0. The first kappa shape index (κ1) is 20.6. The number of amides is 1. The van der Waals surface area contributed by atoms with Gasteiger partial charge in [0.15, 0.2) is 15.9 Å². The predicted molar refractivity (Wildman–Crippen MR) is 103 cm³/mol. The van der Waals surface area contributed by atoms with Gasteiger partial charge in [-0.15, -0.1) is 0 Å². The van der Waals surface area contributed by atoms with Gasteiger partial charge in [0.1, 0.15) is 0 Å². The summed E-state index contributed by atoms with van der Waals surface area (Å²) in [5, 5.41) is 0. The van der Waals surface area contributed by atoms with Gasteiger partial charge in [-0.2, -0.15) is 0 Å². The molecule has 0 saturated carbocycles. The summed E-state index contributed by atoms with van der Waals surface area (Å²) in [5.74, 6) is -1.49. The molecule has 0 aromatic heterocycles. The molecule has 2 rings (SSSR count). The largest absolute Gasteiger partial charge is 0.452 e. The number of benzene rings is 2. The highest BCUT2D eigenvalue weighted by Gasteiger charge is 2.24. The van der Waals surface area contributed by atoms with Gasteiger partial charge in [0.25, 0.3) is 5.91 Å². The SMILES string of the molecule is Cc1ccc(S(=O)(=O)CCC(=O)O[C@@H](C)C(=O)N(C)c2ccccc2)cc1. The molecule has 0 unspecified atom stereocenters. The van der Waals surface area contributed by atoms with Gasteiger partial charge < -0.3 is 9.64 Å². The zero-order chi connectivity index (χ0) is 20.0. The number of anilines is 1. The average molecular weight is 389 g/mol. The standard InChI is InChI=1S/C20H23NO5S/c1-15-9-11-18(12-10-15)27(24,25)14-13-19(22)26-16(2)20(23)21(3)17-7-5-4-6-8-17/h4-12,16H,13-14H2,1-3H3/t16-/m0/s1. The van der Waals surface area contributed by atoms with E-state index in [0.29, 0.717) is 5.69 Å². The Labute approximate surface area is 159 Å². The van der Waals surface area contributed by atoms with Crippen molar-refractivity contribution < 1.29 is 22.7 Å². The van der Waals surface area contributed by atoms with E-state index in [0.717, 1.165) is 5.56 Å². The molecule has 0 N–H and O–H groups in total. The van der Waals surface area contributed by atoms with E-state index in [9.17, 15) is 18.0 Å². The lowest BCUT2D eigenvalue weighted by Crippen LogP contribution is -2.37. The molecule has 0 saturated heterocycles. The Balaban J connectivity index is 1.91. The highest BCUT2D eigenvalue weighted by molar-refractivity contribution is 7.91. The molecule has 1 amide bonds. The molecule has 144 valence electrons. The van der Waals surface area contributed by atoms with Crippen LogP contribution in [0.5, 0.6) is 0 Å². The maximum Gasteiger partial charge on any atom is 0.307 e. The van der Waals surface area contributed by atoms with E-state index in [4.69, 9.17) is 4.74 Å². The van der Waals surface area contributed by atoms with Gasteiger partial charge >= 0.3 is 5.97 Å². The third-order valence-corrected chi connectivity index (χ3v) is 5.82. The number of esters is 1. The molecule has 7 heteroatoms. The molecule has 0 aliphatic heterocycles. The summed E-state index contributed by atoms with van der Waals surface area (Å²) in [6.07, 6.45) is -1.33. The van der Waals surface area contributed by atoms with Crippen molar-refractivity contribution in [3.63, 3.8) is 0 Å². The van der Waals surface area contributed by atoms with Gasteiger partial charge in [-0.3, -0.25) is 9.59 Å². The monoisotopic (exact) mass is 389 g/mol. The fourth-order valence-corrected chi connectivity index (χ4v) is 3.66. The lowest BCUT2D eigenvalue weighted by atomic mass is 10.2. The topological polar surface area (TPSA) is 80.7 Å². The van der Waals surface area contributed by atoms with Gasteiger partial charge in [0.05, 0.1) is 17.1 Å². The van der Waals surface area contributed by atoms with Crippen molar-refractivity contribution in [1.82, 2.24) is 0 Å². The number of aryl methyl sites for hydroxylation is 1. The van der Waals surface area contributed by atoms with Crippen molar-refractivity contribution in [3.05, 3.63) is 60.2 Å². The molecule has 0 spiro atoms. The zero-order valence-corrected chi connectivity index (χ0v) is 16.4. The minimum atomic E-state index is -3.58. The summed E-state index contributed by atoms with van der Waals surface area (Å²) in [6, 6.07) is 15.4. The maximum atomic E-state index is 12.4. The summed E-state index contributed by atoms with van der Waals surface area (Å²) < 4.78 is 29.7. The average Bonchev–Trinajstić information content (AvgIpc) is 2.66.